The number of pyridine rings is 1. The van der Waals surface area contributed by atoms with Crippen LogP contribution in [0.25, 0.3) is 5.65 Å². The van der Waals surface area contributed by atoms with Crippen LogP contribution in [0, 0.1) is 11.3 Å². The van der Waals surface area contributed by atoms with Crippen LogP contribution in [0.5, 0.6) is 0 Å². The van der Waals surface area contributed by atoms with E-state index in [0.717, 1.165) is 5.56 Å². The number of fused-ring (bicyclic) bond motifs is 1. The van der Waals surface area contributed by atoms with Gasteiger partial charge in [0, 0.05) is 18.8 Å². The van der Waals surface area contributed by atoms with Gasteiger partial charge in [-0.3, -0.25) is 9.20 Å². The van der Waals surface area contributed by atoms with E-state index in [1.54, 1.807) is 41.4 Å². The van der Waals surface area contributed by atoms with Gasteiger partial charge in [0.25, 0.3) is 0 Å². The van der Waals surface area contributed by atoms with Crippen LogP contribution < -0.4 is 5.69 Å². The molecule has 0 bridgehead atoms. The first-order valence-corrected chi connectivity index (χ1v) is 8.32. The van der Waals surface area contributed by atoms with Crippen molar-refractivity contribution in [3.05, 3.63) is 70.3 Å². The average Bonchev–Trinajstić information content (AvgIpc) is 2.96. The molecule has 2 heterocycles. The minimum absolute atomic E-state index is 0.0362. The van der Waals surface area contributed by atoms with Gasteiger partial charge in [-0.15, -0.1) is 5.10 Å². The molecule has 3 aromatic rings. The van der Waals surface area contributed by atoms with E-state index in [0.29, 0.717) is 17.8 Å². The monoisotopic (exact) mass is 349 g/mol. The number of benzene rings is 1. The van der Waals surface area contributed by atoms with Gasteiger partial charge in [-0.1, -0.05) is 18.2 Å². The molecule has 0 aliphatic carbocycles. The van der Waals surface area contributed by atoms with E-state index in [1.165, 1.54) is 9.08 Å². The molecule has 0 aliphatic rings. The summed E-state index contributed by atoms with van der Waals surface area (Å²) in [5.74, 6) is -0.185. The molecule has 0 aliphatic heterocycles. The average molecular weight is 349 g/mol. The summed E-state index contributed by atoms with van der Waals surface area (Å²) in [6.07, 6.45) is 1.63. The number of amides is 1. The highest BCUT2D eigenvalue weighted by Gasteiger charge is 2.20. The highest BCUT2D eigenvalue weighted by atomic mass is 16.2. The maximum absolute atomic E-state index is 12.8. The fourth-order valence-electron chi connectivity index (χ4n) is 2.73. The van der Waals surface area contributed by atoms with E-state index in [1.807, 2.05) is 26.0 Å². The van der Waals surface area contributed by atoms with Crippen molar-refractivity contribution in [3.8, 4) is 6.07 Å². The summed E-state index contributed by atoms with van der Waals surface area (Å²) in [5.41, 5.74) is 1.67. The first-order chi connectivity index (χ1) is 12.5. The maximum Gasteiger partial charge on any atom is 0.350 e. The summed E-state index contributed by atoms with van der Waals surface area (Å²) in [7, 11) is 0. The van der Waals surface area contributed by atoms with Crippen molar-refractivity contribution < 1.29 is 4.79 Å². The topological polar surface area (TPSA) is 83.4 Å². The number of hydrogen-bond acceptors (Lipinski definition) is 4. The van der Waals surface area contributed by atoms with Crippen LogP contribution in [0.3, 0.4) is 0 Å². The molecule has 0 saturated heterocycles. The molecule has 132 valence electrons. The van der Waals surface area contributed by atoms with Crippen molar-refractivity contribution in [1.82, 2.24) is 19.1 Å². The second kappa shape index (κ2) is 7.23. The van der Waals surface area contributed by atoms with Crippen molar-refractivity contribution in [1.29, 1.82) is 5.26 Å². The number of hydrogen-bond donors (Lipinski definition) is 0. The third kappa shape index (κ3) is 3.49. The lowest BCUT2D eigenvalue weighted by Gasteiger charge is -2.26. The highest BCUT2D eigenvalue weighted by molar-refractivity contribution is 5.76. The molecule has 1 aromatic carbocycles. The number of nitrogens with zero attached hydrogens (tertiary/aromatic N) is 5. The number of aromatic nitrogens is 3. The molecule has 0 saturated carbocycles. The summed E-state index contributed by atoms with van der Waals surface area (Å²) in [4.78, 5) is 26.8. The lowest BCUT2D eigenvalue weighted by molar-refractivity contribution is -0.134. The van der Waals surface area contributed by atoms with E-state index < -0.39 is 0 Å². The fraction of sp³-hybridized carbons (Fsp3) is 0.263. The molecular weight excluding hydrogens is 330 g/mol. The van der Waals surface area contributed by atoms with E-state index in [-0.39, 0.29) is 24.2 Å². The normalized spacial score (nSPS) is 10.8. The second-order valence-corrected chi connectivity index (χ2v) is 6.29. The maximum atomic E-state index is 12.8. The lowest BCUT2D eigenvalue weighted by atomic mass is 10.1. The molecule has 1 amide bonds. The fourth-order valence-corrected chi connectivity index (χ4v) is 2.73. The van der Waals surface area contributed by atoms with Crippen molar-refractivity contribution >= 4 is 11.6 Å². The molecule has 0 spiro atoms. The Balaban J connectivity index is 1.80. The standard InChI is InChI=1S/C19H19N5O2/c1-14(2)23(12-16-8-6-15(11-20)7-9-16)18(25)13-24-19(26)22-10-4-3-5-17(22)21-24/h3-10,14H,12-13H2,1-2H3. The van der Waals surface area contributed by atoms with Crippen LogP contribution in [0.15, 0.2) is 53.5 Å². The van der Waals surface area contributed by atoms with E-state index >= 15 is 0 Å². The zero-order valence-electron chi connectivity index (χ0n) is 14.7. The first-order valence-electron chi connectivity index (χ1n) is 8.32. The largest absolute Gasteiger partial charge is 0.350 e. The Kier molecular flexibility index (Phi) is 4.85. The molecule has 2 aromatic heterocycles. The van der Waals surface area contributed by atoms with Gasteiger partial charge in [0.2, 0.25) is 5.91 Å². The Morgan fingerprint density at radius 1 is 1.23 bits per heavy atom. The van der Waals surface area contributed by atoms with Crippen LogP contribution in [-0.2, 0) is 17.9 Å². The van der Waals surface area contributed by atoms with Crippen molar-refractivity contribution in [2.24, 2.45) is 0 Å². The number of carbonyl (C=O) groups is 1. The Morgan fingerprint density at radius 2 is 1.96 bits per heavy atom. The minimum atomic E-state index is -0.337. The van der Waals surface area contributed by atoms with Crippen LogP contribution >= 0.6 is 0 Å². The first kappa shape index (κ1) is 17.4. The van der Waals surface area contributed by atoms with Gasteiger partial charge in [-0.05, 0) is 43.7 Å². The van der Waals surface area contributed by atoms with Crippen LogP contribution in [0.2, 0.25) is 0 Å². The molecule has 3 rings (SSSR count). The summed E-state index contributed by atoms with van der Waals surface area (Å²) in [6, 6.07) is 14.4. The third-order valence-corrected chi connectivity index (χ3v) is 4.15. The number of nitriles is 1. The third-order valence-electron chi connectivity index (χ3n) is 4.15. The van der Waals surface area contributed by atoms with Gasteiger partial charge in [-0.2, -0.15) is 5.26 Å². The molecule has 0 atom stereocenters. The van der Waals surface area contributed by atoms with Gasteiger partial charge in [0.1, 0.15) is 6.54 Å². The Hall–Kier alpha value is -3.40. The second-order valence-electron chi connectivity index (χ2n) is 6.29. The SMILES string of the molecule is CC(C)N(Cc1ccc(C#N)cc1)C(=O)Cn1nc2ccccn2c1=O. The van der Waals surface area contributed by atoms with Crippen LogP contribution in [0.1, 0.15) is 25.0 Å². The molecule has 0 unspecified atom stereocenters. The summed E-state index contributed by atoms with van der Waals surface area (Å²) >= 11 is 0. The number of rotatable bonds is 5. The predicted molar refractivity (Wildman–Crippen MR) is 96.3 cm³/mol. The van der Waals surface area contributed by atoms with Crippen molar-refractivity contribution in [2.75, 3.05) is 0 Å². The molecule has 0 fully saturated rings. The Labute approximate surface area is 150 Å². The Bertz CT molecular complexity index is 1020. The van der Waals surface area contributed by atoms with E-state index in [9.17, 15) is 9.59 Å². The van der Waals surface area contributed by atoms with Crippen LogP contribution in [0.4, 0.5) is 0 Å². The molecule has 7 heteroatoms. The van der Waals surface area contributed by atoms with Gasteiger partial charge in [0.15, 0.2) is 5.65 Å². The summed E-state index contributed by atoms with van der Waals surface area (Å²) < 4.78 is 2.60. The van der Waals surface area contributed by atoms with Gasteiger partial charge >= 0.3 is 5.69 Å². The molecule has 26 heavy (non-hydrogen) atoms. The van der Waals surface area contributed by atoms with Gasteiger partial charge in [0.05, 0.1) is 11.6 Å². The highest BCUT2D eigenvalue weighted by Crippen LogP contribution is 2.11. The lowest BCUT2D eigenvalue weighted by Crippen LogP contribution is -2.40. The summed E-state index contributed by atoms with van der Waals surface area (Å²) in [6.45, 7) is 4.14. The van der Waals surface area contributed by atoms with Gasteiger partial charge in [-0.25, -0.2) is 9.48 Å². The van der Waals surface area contributed by atoms with E-state index in [4.69, 9.17) is 5.26 Å². The quantitative estimate of drug-likeness (QED) is 0.703. The van der Waals surface area contributed by atoms with Crippen LogP contribution in [-0.4, -0.2) is 31.0 Å². The molecular formula is C19H19N5O2. The molecule has 0 radical (unpaired) electrons. The zero-order chi connectivity index (χ0) is 18.7. The zero-order valence-corrected chi connectivity index (χ0v) is 14.7. The molecule has 7 nitrogen and oxygen atoms in total. The predicted octanol–water partition coefficient (Wildman–Crippen LogP) is 1.80. The Morgan fingerprint density at radius 3 is 2.58 bits per heavy atom. The van der Waals surface area contributed by atoms with Crippen molar-refractivity contribution in [2.45, 2.75) is 33.0 Å². The van der Waals surface area contributed by atoms with Crippen molar-refractivity contribution in [3.63, 3.8) is 0 Å². The van der Waals surface area contributed by atoms with Gasteiger partial charge < -0.3 is 4.90 Å². The smallest absolute Gasteiger partial charge is 0.334 e. The van der Waals surface area contributed by atoms with E-state index in [2.05, 4.69) is 11.2 Å². The molecule has 0 N–H and O–H groups in total. The minimum Gasteiger partial charge on any atom is -0.334 e. The number of carbonyl (C=O) groups excluding carboxylic acids is 1. The summed E-state index contributed by atoms with van der Waals surface area (Å²) in [5, 5.41) is 13.1.